The van der Waals surface area contributed by atoms with Gasteiger partial charge in [0.05, 0.1) is 12.6 Å². The van der Waals surface area contributed by atoms with Crippen molar-refractivity contribution in [3.63, 3.8) is 0 Å². The molecule has 0 fully saturated rings. The molecule has 1 unspecified atom stereocenters. The van der Waals surface area contributed by atoms with E-state index in [1.54, 1.807) is 6.20 Å². The highest BCUT2D eigenvalue weighted by atomic mass is 16.5. The average Bonchev–Trinajstić information content (AvgIpc) is 2.96. The molecule has 0 aliphatic heterocycles. The fourth-order valence-electron chi connectivity index (χ4n) is 3.07. The number of fused-ring (bicyclic) bond motifs is 1. The standard InChI is InChI=1S/C19H21N3O2/c1-4-24-19(23)17-16(14-9-5-6-10-15(14)21-17)18(22(2)3)13-8-7-11-20-12-13/h5-12,18,21H,4H2,1-3H3. The summed E-state index contributed by atoms with van der Waals surface area (Å²) in [4.78, 5) is 22.1. The van der Waals surface area contributed by atoms with Crippen LogP contribution in [-0.4, -0.2) is 41.5 Å². The predicted octanol–water partition coefficient (Wildman–Crippen LogP) is 3.39. The molecule has 0 saturated heterocycles. The van der Waals surface area contributed by atoms with E-state index in [-0.39, 0.29) is 12.0 Å². The summed E-state index contributed by atoms with van der Waals surface area (Å²) in [6.45, 7) is 2.15. The van der Waals surface area contributed by atoms with Crippen molar-refractivity contribution < 1.29 is 9.53 Å². The zero-order chi connectivity index (χ0) is 17.1. The molecule has 0 saturated carbocycles. The first kappa shape index (κ1) is 16.2. The zero-order valence-corrected chi connectivity index (χ0v) is 14.1. The number of aromatic nitrogens is 2. The van der Waals surface area contributed by atoms with Gasteiger partial charge in [-0.3, -0.25) is 9.88 Å². The van der Waals surface area contributed by atoms with Gasteiger partial charge in [-0.25, -0.2) is 4.79 Å². The lowest BCUT2D eigenvalue weighted by atomic mass is 9.96. The number of carbonyl (C=O) groups is 1. The van der Waals surface area contributed by atoms with Crippen molar-refractivity contribution in [3.05, 3.63) is 65.6 Å². The first-order chi connectivity index (χ1) is 11.6. The Bertz CT molecular complexity index is 840. The maximum absolute atomic E-state index is 12.5. The molecule has 0 radical (unpaired) electrons. The second-order valence-corrected chi connectivity index (χ2v) is 5.83. The maximum Gasteiger partial charge on any atom is 0.355 e. The molecule has 5 heteroatoms. The molecule has 24 heavy (non-hydrogen) atoms. The van der Waals surface area contributed by atoms with Crippen molar-refractivity contribution >= 4 is 16.9 Å². The van der Waals surface area contributed by atoms with Crippen LogP contribution < -0.4 is 0 Å². The molecular weight excluding hydrogens is 302 g/mol. The highest BCUT2D eigenvalue weighted by molar-refractivity contribution is 5.99. The van der Waals surface area contributed by atoms with Gasteiger partial charge in [-0.05, 0) is 38.7 Å². The highest BCUT2D eigenvalue weighted by Gasteiger charge is 2.28. The monoisotopic (exact) mass is 323 g/mol. The van der Waals surface area contributed by atoms with E-state index >= 15 is 0 Å². The lowest BCUT2D eigenvalue weighted by Gasteiger charge is -2.25. The molecule has 3 aromatic rings. The minimum absolute atomic E-state index is 0.103. The van der Waals surface area contributed by atoms with Crippen molar-refractivity contribution in [3.8, 4) is 0 Å². The summed E-state index contributed by atoms with van der Waals surface area (Å²) < 4.78 is 5.26. The van der Waals surface area contributed by atoms with Gasteiger partial charge in [0.25, 0.3) is 0 Å². The summed E-state index contributed by atoms with van der Waals surface area (Å²) in [5.74, 6) is -0.334. The van der Waals surface area contributed by atoms with Crippen LogP contribution in [0.2, 0.25) is 0 Å². The van der Waals surface area contributed by atoms with E-state index in [2.05, 4.69) is 14.9 Å². The Hall–Kier alpha value is -2.66. The molecule has 0 bridgehead atoms. The first-order valence-corrected chi connectivity index (χ1v) is 7.97. The van der Waals surface area contributed by atoms with Crippen LogP contribution in [0.5, 0.6) is 0 Å². The normalized spacial score (nSPS) is 12.5. The molecular formula is C19H21N3O2. The maximum atomic E-state index is 12.5. The number of pyridine rings is 1. The number of esters is 1. The minimum atomic E-state index is -0.334. The van der Waals surface area contributed by atoms with Gasteiger partial charge in [0.15, 0.2) is 0 Å². The van der Waals surface area contributed by atoms with Crippen molar-refractivity contribution in [2.45, 2.75) is 13.0 Å². The number of rotatable bonds is 5. The number of hydrogen-bond donors (Lipinski definition) is 1. The average molecular weight is 323 g/mol. The van der Waals surface area contributed by atoms with E-state index in [0.29, 0.717) is 12.3 Å². The molecule has 1 atom stereocenters. The Balaban J connectivity index is 2.25. The summed E-state index contributed by atoms with van der Waals surface area (Å²) in [5.41, 5.74) is 3.37. The lowest BCUT2D eigenvalue weighted by Crippen LogP contribution is -2.23. The molecule has 1 N–H and O–H groups in total. The van der Waals surface area contributed by atoms with Gasteiger partial charge in [-0.15, -0.1) is 0 Å². The Kier molecular flexibility index (Phi) is 4.62. The third-order valence-corrected chi connectivity index (χ3v) is 4.02. The van der Waals surface area contributed by atoms with E-state index in [4.69, 9.17) is 4.74 Å². The van der Waals surface area contributed by atoms with Crippen LogP contribution in [0, 0.1) is 0 Å². The van der Waals surface area contributed by atoms with E-state index in [0.717, 1.165) is 22.0 Å². The molecule has 2 heterocycles. The topological polar surface area (TPSA) is 58.2 Å². The molecule has 0 aliphatic carbocycles. The number of benzene rings is 1. The van der Waals surface area contributed by atoms with Gasteiger partial charge < -0.3 is 9.72 Å². The molecule has 3 rings (SSSR count). The number of ether oxygens (including phenoxy) is 1. The van der Waals surface area contributed by atoms with E-state index in [9.17, 15) is 4.79 Å². The van der Waals surface area contributed by atoms with Crippen LogP contribution >= 0.6 is 0 Å². The second kappa shape index (κ2) is 6.84. The highest BCUT2D eigenvalue weighted by Crippen LogP contribution is 2.35. The van der Waals surface area contributed by atoms with Gasteiger partial charge in [-0.2, -0.15) is 0 Å². The predicted molar refractivity (Wildman–Crippen MR) is 94.0 cm³/mol. The van der Waals surface area contributed by atoms with Gasteiger partial charge in [-0.1, -0.05) is 24.3 Å². The fourth-order valence-corrected chi connectivity index (χ4v) is 3.07. The van der Waals surface area contributed by atoms with Crippen molar-refractivity contribution in [2.75, 3.05) is 20.7 Å². The van der Waals surface area contributed by atoms with Gasteiger partial charge in [0.1, 0.15) is 5.69 Å². The molecule has 0 spiro atoms. The second-order valence-electron chi connectivity index (χ2n) is 5.83. The SMILES string of the molecule is CCOC(=O)c1[nH]c2ccccc2c1C(c1cccnc1)N(C)C. The van der Waals surface area contributed by atoms with Crippen LogP contribution in [0.3, 0.4) is 0 Å². The van der Waals surface area contributed by atoms with Crippen LogP contribution in [0.25, 0.3) is 10.9 Å². The Labute approximate surface area is 141 Å². The number of H-pyrrole nitrogens is 1. The number of aromatic amines is 1. The van der Waals surface area contributed by atoms with Crippen molar-refractivity contribution in [2.24, 2.45) is 0 Å². The zero-order valence-electron chi connectivity index (χ0n) is 14.1. The fraction of sp³-hybridized carbons (Fsp3) is 0.263. The first-order valence-electron chi connectivity index (χ1n) is 7.97. The molecule has 124 valence electrons. The quantitative estimate of drug-likeness (QED) is 0.731. The number of carbonyl (C=O) groups excluding carboxylic acids is 1. The molecule has 0 amide bonds. The minimum Gasteiger partial charge on any atom is -0.461 e. The number of nitrogens with zero attached hydrogens (tertiary/aromatic N) is 2. The van der Waals surface area contributed by atoms with E-state index in [1.165, 1.54) is 0 Å². The largest absolute Gasteiger partial charge is 0.461 e. The van der Waals surface area contributed by atoms with Crippen LogP contribution in [-0.2, 0) is 4.74 Å². The van der Waals surface area contributed by atoms with Crippen LogP contribution in [0.15, 0.2) is 48.8 Å². The van der Waals surface area contributed by atoms with Crippen LogP contribution in [0.1, 0.15) is 34.6 Å². The summed E-state index contributed by atoms with van der Waals surface area (Å²) in [6.07, 6.45) is 3.58. The van der Waals surface area contributed by atoms with E-state index < -0.39 is 0 Å². The molecule has 1 aromatic carbocycles. The summed E-state index contributed by atoms with van der Waals surface area (Å²) in [7, 11) is 3.99. The van der Waals surface area contributed by atoms with Gasteiger partial charge >= 0.3 is 5.97 Å². The van der Waals surface area contributed by atoms with Gasteiger partial charge in [0.2, 0.25) is 0 Å². The third-order valence-electron chi connectivity index (χ3n) is 4.02. The summed E-state index contributed by atoms with van der Waals surface area (Å²) in [6, 6.07) is 11.7. The smallest absolute Gasteiger partial charge is 0.355 e. The molecule has 5 nitrogen and oxygen atoms in total. The third kappa shape index (κ3) is 2.90. The van der Waals surface area contributed by atoms with Crippen molar-refractivity contribution in [1.29, 1.82) is 0 Å². The molecule has 0 aliphatic rings. The number of hydrogen-bond acceptors (Lipinski definition) is 4. The van der Waals surface area contributed by atoms with E-state index in [1.807, 2.05) is 63.6 Å². The van der Waals surface area contributed by atoms with Crippen LogP contribution in [0.4, 0.5) is 0 Å². The summed E-state index contributed by atoms with van der Waals surface area (Å²) >= 11 is 0. The Morgan fingerprint density at radius 1 is 1.25 bits per heavy atom. The molecule has 2 aromatic heterocycles. The summed E-state index contributed by atoms with van der Waals surface area (Å²) in [5, 5.41) is 1.02. The van der Waals surface area contributed by atoms with Gasteiger partial charge in [0, 0.05) is 28.9 Å². The number of nitrogens with one attached hydrogen (secondary N) is 1. The Morgan fingerprint density at radius 2 is 2.04 bits per heavy atom. The lowest BCUT2D eigenvalue weighted by molar-refractivity contribution is 0.0518. The Morgan fingerprint density at radius 3 is 2.71 bits per heavy atom. The number of para-hydroxylation sites is 1. The van der Waals surface area contributed by atoms with Crippen molar-refractivity contribution in [1.82, 2.24) is 14.9 Å².